The summed E-state index contributed by atoms with van der Waals surface area (Å²) in [6, 6.07) is 4.34. The van der Waals surface area contributed by atoms with E-state index in [0.717, 1.165) is 39.0 Å². The predicted molar refractivity (Wildman–Crippen MR) is 65.6 cm³/mol. The fourth-order valence-corrected chi connectivity index (χ4v) is 3.19. The summed E-state index contributed by atoms with van der Waals surface area (Å²) in [5.41, 5.74) is 1.50. The highest BCUT2D eigenvalue weighted by atomic mass is 16.2. The Labute approximate surface area is 102 Å². The molecule has 1 aromatic rings. The topological polar surface area (TPSA) is 37.3 Å². The molecule has 0 aromatic carbocycles. The average molecular weight is 233 g/mol. The number of likely N-dealkylation sites (tertiary alicyclic amines) is 1. The second-order valence-corrected chi connectivity index (χ2v) is 5.10. The molecule has 1 N–H and O–H groups in total. The van der Waals surface area contributed by atoms with Crippen molar-refractivity contribution in [2.24, 2.45) is 0 Å². The zero-order valence-corrected chi connectivity index (χ0v) is 10.3. The minimum Gasteiger partial charge on any atom is -0.348 e. The summed E-state index contributed by atoms with van der Waals surface area (Å²) in [6.45, 7) is 5.48. The van der Waals surface area contributed by atoms with Crippen LogP contribution in [0.1, 0.15) is 25.5 Å². The molecule has 3 rings (SSSR count). The minimum absolute atomic E-state index is 0.105. The van der Waals surface area contributed by atoms with Crippen molar-refractivity contribution in [3.05, 3.63) is 24.0 Å². The largest absolute Gasteiger partial charge is 0.348 e. The van der Waals surface area contributed by atoms with Crippen LogP contribution in [0.25, 0.3) is 0 Å². The maximum Gasteiger partial charge on any atom is 0.219 e. The highest BCUT2D eigenvalue weighted by molar-refractivity contribution is 5.73. The summed E-state index contributed by atoms with van der Waals surface area (Å²) in [5.74, 6) is 0.200. The van der Waals surface area contributed by atoms with Crippen molar-refractivity contribution in [1.29, 1.82) is 0 Å². The molecule has 1 amide bonds. The molecule has 4 heteroatoms. The number of aromatic nitrogens is 1. The van der Waals surface area contributed by atoms with Crippen LogP contribution >= 0.6 is 0 Å². The van der Waals surface area contributed by atoms with Crippen LogP contribution in [0, 0.1) is 0 Å². The molecule has 2 aliphatic rings. The average Bonchev–Trinajstić information content (AvgIpc) is 2.80. The van der Waals surface area contributed by atoms with E-state index in [2.05, 4.69) is 28.2 Å². The van der Waals surface area contributed by atoms with Crippen LogP contribution in [0.3, 0.4) is 0 Å². The molecule has 0 atom stereocenters. The summed E-state index contributed by atoms with van der Waals surface area (Å²) in [5, 5.41) is 3.68. The van der Waals surface area contributed by atoms with E-state index >= 15 is 0 Å². The maximum absolute atomic E-state index is 11.4. The lowest BCUT2D eigenvalue weighted by atomic mass is 9.83. The fraction of sp³-hybridized carbons (Fsp3) is 0.615. The number of fused-ring (bicyclic) bond motifs is 2. The van der Waals surface area contributed by atoms with Gasteiger partial charge in [-0.25, -0.2) is 0 Å². The van der Waals surface area contributed by atoms with E-state index in [-0.39, 0.29) is 11.4 Å². The van der Waals surface area contributed by atoms with Crippen LogP contribution in [-0.2, 0) is 16.9 Å². The van der Waals surface area contributed by atoms with Crippen LogP contribution in [0.15, 0.2) is 18.3 Å². The van der Waals surface area contributed by atoms with Gasteiger partial charge in [0.15, 0.2) is 0 Å². The van der Waals surface area contributed by atoms with E-state index in [1.807, 2.05) is 4.90 Å². The molecule has 2 aliphatic heterocycles. The molecule has 1 spiro atoms. The summed E-state index contributed by atoms with van der Waals surface area (Å²) < 4.78 is 2.35. The highest BCUT2D eigenvalue weighted by Crippen LogP contribution is 2.35. The molecule has 3 heterocycles. The van der Waals surface area contributed by atoms with Crippen LogP contribution in [0.4, 0.5) is 0 Å². The molecule has 1 saturated heterocycles. The van der Waals surface area contributed by atoms with Crippen molar-refractivity contribution in [2.75, 3.05) is 19.6 Å². The quantitative estimate of drug-likeness (QED) is 0.724. The third-order valence-corrected chi connectivity index (χ3v) is 4.20. The van der Waals surface area contributed by atoms with Crippen molar-refractivity contribution in [2.45, 2.75) is 31.8 Å². The number of nitrogens with one attached hydrogen (secondary N) is 1. The second kappa shape index (κ2) is 3.88. The molecule has 0 unspecified atom stereocenters. The first kappa shape index (κ1) is 10.8. The number of amides is 1. The fourth-order valence-electron chi connectivity index (χ4n) is 3.19. The van der Waals surface area contributed by atoms with Gasteiger partial charge in [0.25, 0.3) is 0 Å². The Morgan fingerprint density at radius 3 is 2.82 bits per heavy atom. The van der Waals surface area contributed by atoms with Crippen molar-refractivity contribution in [1.82, 2.24) is 14.8 Å². The first-order valence-corrected chi connectivity index (χ1v) is 6.37. The lowest BCUT2D eigenvalue weighted by Gasteiger charge is -2.45. The van der Waals surface area contributed by atoms with E-state index < -0.39 is 0 Å². The number of piperidine rings is 1. The number of hydrogen-bond acceptors (Lipinski definition) is 2. The van der Waals surface area contributed by atoms with Crippen molar-refractivity contribution >= 4 is 5.91 Å². The van der Waals surface area contributed by atoms with E-state index in [4.69, 9.17) is 0 Å². The van der Waals surface area contributed by atoms with Crippen LogP contribution in [-0.4, -0.2) is 35.0 Å². The molecular formula is C13H19N3O. The molecule has 0 radical (unpaired) electrons. The van der Waals surface area contributed by atoms with E-state index in [9.17, 15) is 4.79 Å². The maximum atomic E-state index is 11.4. The first-order chi connectivity index (χ1) is 8.21. The zero-order valence-electron chi connectivity index (χ0n) is 10.3. The molecule has 0 aliphatic carbocycles. The molecular weight excluding hydrogens is 214 g/mol. The number of hydrogen-bond donors (Lipinski definition) is 1. The predicted octanol–water partition coefficient (Wildman–Crippen LogP) is 0.929. The summed E-state index contributed by atoms with van der Waals surface area (Å²) in [6.07, 6.45) is 4.21. The lowest BCUT2D eigenvalue weighted by molar-refractivity contribution is -0.130. The monoisotopic (exact) mass is 233 g/mol. The Bertz CT molecular complexity index is 430. The number of carbonyl (C=O) groups is 1. The summed E-state index contributed by atoms with van der Waals surface area (Å²) in [4.78, 5) is 13.3. The molecule has 1 fully saturated rings. The SMILES string of the molecule is CC(=O)N1CCC2(CC1)NCCn1cccc12. The Balaban J connectivity index is 1.84. The second-order valence-electron chi connectivity index (χ2n) is 5.10. The van der Waals surface area contributed by atoms with Crippen molar-refractivity contribution in [3.63, 3.8) is 0 Å². The zero-order chi connectivity index (χ0) is 11.9. The van der Waals surface area contributed by atoms with Gasteiger partial charge in [-0.3, -0.25) is 4.79 Å². The summed E-state index contributed by atoms with van der Waals surface area (Å²) >= 11 is 0. The summed E-state index contributed by atoms with van der Waals surface area (Å²) in [7, 11) is 0. The van der Waals surface area contributed by atoms with Gasteiger partial charge in [-0.05, 0) is 25.0 Å². The Hall–Kier alpha value is -1.29. The van der Waals surface area contributed by atoms with Gasteiger partial charge in [-0.2, -0.15) is 0 Å². The lowest BCUT2D eigenvalue weighted by Crippen LogP contribution is -2.55. The van der Waals surface area contributed by atoms with E-state index in [0.29, 0.717) is 0 Å². The third kappa shape index (κ3) is 1.67. The van der Waals surface area contributed by atoms with Crippen molar-refractivity contribution < 1.29 is 4.79 Å². The normalized spacial score (nSPS) is 22.5. The standard InChI is InChI=1S/C13H19N3O/c1-11(17)15-8-4-13(5-9-15)12-3-2-7-16(12)10-6-14-13/h2-3,7,14H,4-6,8-10H2,1H3. The van der Waals surface area contributed by atoms with Gasteiger partial charge < -0.3 is 14.8 Å². The van der Waals surface area contributed by atoms with Gasteiger partial charge in [0, 0.05) is 45.0 Å². The number of nitrogens with zero attached hydrogens (tertiary/aromatic N) is 2. The Morgan fingerprint density at radius 1 is 1.35 bits per heavy atom. The van der Waals surface area contributed by atoms with Gasteiger partial charge in [-0.1, -0.05) is 0 Å². The minimum atomic E-state index is 0.105. The molecule has 17 heavy (non-hydrogen) atoms. The Morgan fingerprint density at radius 2 is 2.12 bits per heavy atom. The van der Waals surface area contributed by atoms with Gasteiger partial charge in [0.05, 0.1) is 5.54 Å². The van der Waals surface area contributed by atoms with E-state index in [1.165, 1.54) is 5.69 Å². The first-order valence-electron chi connectivity index (χ1n) is 6.37. The van der Waals surface area contributed by atoms with Gasteiger partial charge in [0.2, 0.25) is 5.91 Å². The van der Waals surface area contributed by atoms with Crippen LogP contribution < -0.4 is 5.32 Å². The molecule has 1 aromatic heterocycles. The number of rotatable bonds is 0. The van der Waals surface area contributed by atoms with Gasteiger partial charge in [-0.15, -0.1) is 0 Å². The number of carbonyl (C=O) groups excluding carboxylic acids is 1. The smallest absolute Gasteiger partial charge is 0.219 e. The Kier molecular flexibility index (Phi) is 2.47. The van der Waals surface area contributed by atoms with E-state index in [1.54, 1.807) is 6.92 Å². The van der Waals surface area contributed by atoms with Crippen LogP contribution in [0.5, 0.6) is 0 Å². The molecule has 0 saturated carbocycles. The van der Waals surface area contributed by atoms with Crippen LogP contribution in [0.2, 0.25) is 0 Å². The van der Waals surface area contributed by atoms with Crippen molar-refractivity contribution in [3.8, 4) is 0 Å². The van der Waals surface area contributed by atoms with Gasteiger partial charge in [0.1, 0.15) is 0 Å². The highest BCUT2D eigenvalue weighted by Gasteiger charge is 2.39. The molecule has 0 bridgehead atoms. The molecule has 92 valence electrons. The van der Waals surface area contributed by atoms with Gasteiger partial charge >= 0.3 is 0 Å². The molecule has 4 nitrogen and oxygen atoms in total. The third-order valence-electron chi connectivity index (χ3n) is 4.20.